The van der Waals surface area contributed by atoms with Crippen molar-refractivity contribution >= 4 is 19.2 Å². The Morgan fingerprint density at radius 1 is 1.00 bits per heavy atom. The van der Waals surface area contributed by atoms with E-state index in [1.807, 2.05) is 33.8 Å². The van der Waals surface area contributed by atoms with E-state index in [1.165, 1.54) is 5.56 Å². The number of benzene rings is 1. The normalized spacial score (nSPS) is 18.2. The first-order valence-electron chi connectivity index (χ1n) is 7.78. The summed E-state index contributed by atoms with van der Waals surface area (Å²) < 4.78 is 50.6. The van der Waals surface area contributed by atoms with Gasteiger partial charge in [-0.1, -0.05) is 17.7 Å². The smallest absolute Gasteiger partial charge is 0.455 e. The fraction of sp³-hybridized carbons (Fsp3) is 0.471. The maximum Gasteiger partial charge on any atom is 1.00 e. The predicted molar refractivity (Wildman–Crippen MR) is 93.8 cm³/mol. The summed E-state index contributed by atoms with van der Waals surface area (Å²) in [6.45, 7) is 12.2. The number of nitrogens with zero attached hydrogens (tertiary/aromatic N) is 1. The first-order valence-corrected chi connectivity index (χ1v) is 7.78. The van der Waals surface area contributed by atoms with Gasteiger partial charge in [0.2, 0.25) is 0 Å². The molecule has 2 rings (SSSR count). The molecule has 0 atom stereocenters. The van der Waals surface area contributed by atoms with Crippen molar-refractivity contribution in [2.45, 2.75) is 52.7 Å². The zero-order valence-electron chi connectivity index (χ0n) is 16.2. The third-order valence-electron chi connectivity index (χ3n) is 3.94. The van der Waals surface area contributed by atoms with Crippen molar-refractivity contribution in [1.29, 1.82) is 0 Å². The molecule has 1 aromatic rings. The van der Waals surface area contributed by atoms with Crippen LogP contribution in [0.15, 0.2) is 35.2 Å². The molecule has 1 fully saturated rings. The summed E-state index contributed by atoms with van der Waals surface area (Å²) in [7, 11) is -6.00. The van der Waals surface area contributed by atoms with Crippen LogP contribution < -0.4 is 0 Å². The standard InChI is InChI=1S/C17H23NO2.BF4/c1-12-7-8-14(13(2)11-12)18-10-9-15-19-16(3,4)17(5,6)20-15;2-1(3,4)5/h7-11H,1-6H3;/q;-1/p+1. The monoisotopic (exact) mass is 361 g/mol. The number of rotatable bonds is 2. The number of hydrogen-bond donors (Lipinski definition) is 0. The van der Waals surface area contributed by atoms with Crippen LogP contribution in [-0.4, -0.2) is 24.7 Å². The molecule has 0 bridgehead atoms. The molecule has 0 unspecified atom stereocenters. The van der Waals surface area contributed by atoms with Gasteiger partial charge in [0.1, 0.15) is 11.2 Å². The minimum absolute atomic E-state index is 0. The molecule has 0 saturated carbocycles. The zero-order valence-corrected chi connectivity index (χ0v) is 15.2. The number of hydrogen-bond acceptors (Lipinski definition) is 3. The topological polar surface area (TPSA) is 30.8 Å². The van der Waals surface area contributed by atoms with Gasteiger partial charge in [0.15, 0.2) is 0 Å². The average molecular weight is 361 g/mol. The maximum absolute atomic E-state index is 9.75. The van der Waals surface area contributed by atoms with Crippen molar-refractivity contribution in [2.24, 2.45) is 4.99 Å². The highest BCUT2D eigenvalue weighted by Gasteiger charge is 2.48. The summed E-state index contributed by atoms with van der Waals surface area (Å²) in [4.78, 5) is 4.44. The SMILES string of the molecule is Cc1ccc(N=CC=C2OC(C)(C)C(C)(C)O2)c(C)c1.F[B-](F)(F)F.[H+]. The zero-order chi connectivity index (χ0) is 19.5. The third-order valence-corrected chi connectivity index (χ3v) is 3.94. The van der Waals surface area contributed by atoms with Crippen molar-refractivity contribution in [3.63, 3.8) is 0 Å². The van der Waals surface area contributed by atoms with Crippen molar-refractivity contribution in [3.05, 3.63) is 41.3 Å². The van der Waals surface area contributed by atoms with Crippen LogP contribution in [0.3, 0.4) is 0 Å². The lowest BCUT2D eigenvalue weighted by atomic mass is 9.90. The van der Waals surface area contributed by atoms with Crippen molar-refractivity contribution in [1.82, 2.24) is 0 Å². The van der Waals surface area contributed by atoms with Crippen molar-refractivity contribution < 1.29 is 28.2 Å². The average Bonchev–Trinajstić information content (AvgIpc) is 2.58. The summed E-state index contributed by atoms with van der Waals surface area (Å²) in [6, 6.07) is 6.19. The largest absolute Gasteiger partial charge is 1.00 e. The number of aryl methyl sites for hydroxylation is 2. The molecule has 1 saturated heterocycles. The van der Waals surface area contributed by atoms with Crippen LogP contribution in [0.4, 0.5) is 23.0 Å². The number of allylic oxidation sites excluding steroid dienone is 1. The summed E-state index contributed by atoms with van der Waals surface area (Å²) in [5, 5.41) is 0. The fourth-order valence-electron chi connectivity index (χ4n) is 1.97. The van der Waals surface area contributed by atoms with Crippen LogP contribution in [0.2, 0.25) is 0 Å². The molecule has 140 valence electrons. The minimum Gasteiger partial charge on any atom is -0.455 e. The van der Waals surface area contributed by atoms with Crippen molar-refractivity contribution in [3.8, 4) is 0 Å². The molecular weight excluding hydrogens is 337 g/mol. The molecule has 0 spiro atoms. The molecule has 8 heteroatoms. The van der Waals surface area contributed by atoms with E-state index in [0.717, 1.165) is 11.3 Å². The highest BCUT2D eigenvalue weighted by Crippen LogP contribution is 2.39. The van der Waals surface area contributed by atoms with Crippen LogP contribution in [0, 0.1) is 13.8 Å². The van der Waals surface area contributed by atoms with E-state index in [0.29, 0.717) is 5.95 Å². The maximum atomic E-state index is 9.75. The van der Waals surface area contributed by atoms with E-state index < -0.39 is 7.25 Å². The van der Waals surface area contributed by atoms with Crippen LogP contribution >= 0.6 is 0 Å². The lowest BCUT2D eigenvalue weighted by Crippen LogP contribution is -2.41. The quantitative estimate of drug-likeness (QED) is 0.375. The lowest BCUT2D eigenvalue weighted by molar-refractivity contribution is 0.00578. The molecule has 0 aromatic heterocycles. The minimum atomic E-state index is -6.00. The van der Waals surface area contributed by atoms with Gasteiger partial charge in [-0.05, 0) is 53.2 Å². The fourth-order valence-corrected chi connectivity index (χ4v) is 1.97. The van der Waals surface area contributed by atoms with Gasteiger partial charge in [-0.2, -0.15) is 0 Å². The highest BCUT2D eigenvalue weighted by molar-refractivity contribution is 6.50. The lowest BCUT2D eigenvalue weighted by Gasteiger charge is -2.28. The molecule has 1 aliphatic rings. The van der Waals surface area contributed by atoms with E-state index in [2.05, 4.69) is 31.0 Å². The summed E-state index contributed by atoms with van der Waals surface area (Å²) in [6.07, 6.45) is 3.50. The molecule has 0 amide bonds. The predicted octanol–water partition coefficient (Wildman–Crippen LogP) is 5.86. The number of halogens is 4. The second kappa shape index (κ2) is 7.50. The van der Waals surface area contributed by atoms with Gasteiger partial charge in [0.05, 0.1) is 5.69 Å². The van der Waals surface area contributed by atoms with Gasteiger partial charge in [-0.25, -0.2) is 0 Å². The van der Waals surface area contributed by atoms with Gasteiger partial charge in [0.25, 0.3) is 5.95 Å². The Labute approximate surface area is 147 Å². The van der Waals surface area contributed by atoms with Crippen LogP contribution in [0.5, 0.6) is 0 Å². The van der Waals surface area contributed by atoms with E-state index in [-0.39, 0.29) is 12.6 Å². The van der Waals surface area contributed by atoms with E-state index in [4.69, 9.17) is 9.47 Å². The van der Waals surface area contributed by atoms with E-state index in [1.54, 1.807) is 12.3 Å². The van der Waals surface area contributed by atoms with Crippen LogP contribution in [0.25, 0.3) is 0 Å². The Morgan fingerprint density at radius 3 is 1.92 bits per heavy atom. The molecule has 1 aliphatic heterocycles. The summed E-state index contributed by atoms with van der Waals surface area (Å²) >= 11 is 0. The highest BCUT2D eigenvalue weighted by atomic mass is 19.5. The molecule has 0 N–H and O–H groups in total. The molecule has 1 heterocycles. The molecular formula is C17H24BF4NO2. The second-order valence-electron chi connectivity index (χ2n) is 6.77. The Kier molecular flexibility index (Phi) is 6.31. The van der Waals surface area contributed by atoms with Gasteiger partial charge < -0.3 is 26.7 Å². The molecule has 1 aromatic carbocycles. The first-order chi connectivity index (χ1) is 11.2. The van der Waals surface area contributed by atoms with Gasteiger partial charge in [-0.15, -0.1) is 0 Å². The number of aliphatic imine (C=N–C) groups is 1. The second-order valence-corrected chi connectivity index (χ2v) is 6.77. The summed E-state index contributed by atoms with van der Waals surface area (Å²) in [5.41, 5.74) is 2.68. The Morgan fingerprint density at radius 2 is 1.48 bits per heavy atom. The van der Waals surface area contributed by atoms with E-state index >= 15 is 0 Å². The van der Waals surface area contributed by atoms with Gasteiger partial charge in [0, 0.05) is 12.3 Å². The van der Waals surface area contributed by atoms with Crippen LogP contribution in [-0.2, 0) is 9.47 Å². The Hall–Kier alpha value is -1.99. The molecule has 3 nitrogen and oxygen atoms in total. The Bertz CT molecular complexity index is 649. The summed E-state index contributed by atoms with van der Waals surface area (Å²) in [5.74, 6) is 0.522. The Balaban J connectivity index is 0.000000923. The first kappa shape index (κ1) is 21.1. The van der Waals surface area contributed by atoms with E-state index in [9.17, 15) is 17.3 Å². The molecule has 25 heavy (non-hydrogen) atoms. The number of ether oxygens (including phenoxy) is 2. The van der Waals surface area contributed by atoms with Gasteiger partial charge in [-0.3, -0.25) is 4.99 Å². The van der Waals surface area contributed by atoms with Crippen molar-refractivity contribution in [2.75, 3.05) is 0 Å². The van der Waals surface area contributed by atoms with Crippen LogP contribution in [0.1, 0.15) is 40.2 Å². The molecule has 0 radical (unpaired) electrons. The van der Waals surface area contributed by atoms with Gasteiger partial charge >= 0.3 is 8.68 Å². The third kappa shape index (κ3) is 6.80. The molecule has 0 aliphatic carbocycles.